The molecule has 3 nitrogen and oxygen atoms in total. The van der Waals surface area contributed by atoms with Crippen LogP contribution >= 0.6 is 0 Å². The van der Waals surface area contributed by atoms with Crippen molar-refractivity contribution in [2.24, 2.45) is 5.73 Å². The van der Waals surface area contributed by atoms with Gasteiger partial charge in [0.05, 0.1) is 12.1 Å². The fourth-order valence-electron chi connectivity index (χ4n) is 2.41. The van der Waals surface area contributed by atoms with E-state index < -0.39 is 12.7 Å². The van der Waals surface area contributed by atoms with Gasteiger partial charge in [-0.25, -0.2) is 4.39 Å². The lowest BCUT2D eigenvalue weighted by molar-refractivity contribution is 0.0721. The monoisotopic (exact) mass is 294 g/mol. The van der Waals surface area contributed by atoms with E-state index in [1.165, 1.54) is 11.1 Å². The Bertz CT molecular complexity index is 431. The van der Waals surface area contributed by atoms with Gasteiger partial charge in [0, 0.05) is 13.7 Å². The van der Waals surface area contributed by atoms with Gasteiger partial charge in [-0.2, -0.15) is 0 Å². The summed E-state index contributed by atoms with van der Waals surface area (Å²) in [6, 6.07) is 7.45. The lowest BCUT2D eigenvalue weighted by atomic mass is 9.96. The average Bonchev–Trinajstić information content (AvgIpc) is 2.58. The highest BCUT2D eigenvalue weighted by Crippen LogP contribution is 2.24. The Morgan fingerprint density at radius 1 is 1.29 bits per heavy atom. The lowest BCUT2D eigenvalue weighted by Crippen LogP contribution is -2.31. The summed E-state index contributed by atoms with van der Waals surface area (Å²) in [7, 11) is 1.56. The number of nitrogens with one attached hydrogen (secondary N) is 1. The molecule has 0 saturated carbocycles. The van der Waals surface area contributed by atoms with E-state index in [1.807, 2.05) is 26.0 Å². The zero-order valence-corrected chi connectivity index (χ0v) is 13.2. The Morgan fingerprint density at radius 3 is 2.43 bits per heavy atom. The lowest BCUT2D eigenvalue weighted by Gasteiger charge is -2.21. The number of benzene rings is 1. The molecule has 0 fully saturated rings. The van der Waals surface area contributed by atoms with Crippen molar-refractivity contribution in [1.82, 2.24) is 5.32 Å². The second-order valence-electron chi connectivity index (χ2n) is 4.78. The zero-order chi connectivity index (χ0) is 15.7. The van der Waals surface area contributed by atoms with Crippen molar-refractivity contribution in [3.63, 3.8) is 0 Å². The first-order valence-corrected chi connectivity index (χ1v) is 7.60. The molecule has 21 heavy (non-hydrogen) atoms. The van der Waals surface area contributed by atoms with Gasteiger partial charge in [-0.15, -0.1) is 0 Å². The Morgan fingerprint density at radius 2 is 1.95 bits per heavy atom. The Kier molecular flexibility index (Phi) is 8.20. The van der Waals surface area contributed by atoms with Crippen LogP contribution in [0.25, 0.3) is 5.57 Å². The van der Waals surface area contributed by atoms with E-state index in [-0.39, 0.29) is 6.10 Å². The van der Waals surface area contributed by atoms with Gasteiger partial charge >= 0.3 is 0 Å². The highest BCUT2D eigenvalue weighted by atomic mass is 19.1. The maximum atomic E-state index is 12.7. The van der Waals surface area contributed by atoms with Crippen LogP contribution in [0.15, 0.2) is 30.3 Å². The number of hydrogen-bond donors (Lipinski definition) is 2. The van der Waals surface area contributed by atoms with E-state index in [0.717, 1.165) is 25.1 Å². The van der Waals surface area contributed by atoms with Crippen molar-refractivity contribution >= 4 is 5.57 Å². The molecular weight excluding hydrogens is 267 g/mol. The predicted molar refractivity (Wildman–Crippen MR) is 87.0 cm³/mol. The molecule has 0 spiro atoms. The van der Waals surface area contributed by atoms with Gasteiger partial charge in [0.25, 0.3) is 0 Å². The quantitative estimate of drug-likeness (QED) is 0.877. The second-order valence-corrected chi connectivity index (χ2v) is 4.78. The van der Waals surface area contributed by atoms with Crippen molar-refractivity contribution < 1.29 is 9.13 Å². The highest BCUT2D eigenvalue weighted by Gasteiger charge is 2.19. The SMILES string of the molecule is CC.COC(c1ccc(C2=CCNCC2)cc1)C(N)CF. The van der Waals surface area contributed by atoms with Crippen molar-refractivity contribution in [3.8, 4) is 0 Å². The van der Waals surface area contributed by atoms with Crippen LogP contribution in [0.4, 0.5) is 4.39 Å². The summed E-state index contributed by atoms with van der Waals surface area (Å²) in [5.41, 5.74) is 9.22. The molecule has 118 valence electrons. The molecule has 1 aliphatic heterocycles. The summed E-state index contributed by atoms with van der Waals surface area (Å²) >= 11 is 0. The fraction of sp³-hybridized carbons (Fsp3) is 0.529. The maximum Gasteiger partial charge on any atom is 0.107 e. The molecule has 1 aliphatic rings. The molecular formula is C17H27FN2O. The van der Waals surface area contributed by atoms with Gasteiger partial charge in [0.15, 0.2) is 0 Å². The van der Waals surface area contributed by atoms with Gasteiger partial charge in [-0.3, -0.25) is 0 Å². The van der Waals surface area contributed by atoms with Crippen LogP contribution in [-0.4, -0.2) is 32.9 Å². The molecule has 2 atom stereocenters. The van der Waals surface area contributed by atoms with E-state index in [4.69, 9.17) is 10.5 Å². The number of nitrogens with two attached hydrogens (primary N) is 1. The fourth-order valence-corrected chi connectivity index (χ4v) is 2.41. The Hall–Kier alpha value is -1.23. The predicted octanol–water partition coefficient (Wildman–Crippen LogP) is 3.07. The first kappa shape index (κ1) is 17.8. The molecule has 1 aromatic rings. The Labute approximate surface area is 127 Å². The van der Waals surface area contributed by atoms with E-state index in [1.54, 1.807) is 7.11 Å². The standard InChI is InChI=1S/C15H21FN2O.C2H6/c1-19-15(14(17)10-16)13-4-2-11(3-5-13)12-6-8-18-9-7-12;1-2/h2-6,14-15,18H,7-10,17H2,1H3;1-2H3. The number of alkyl halides is 1. The van der Waals surface area contributed by atoms with Crippen LogP contribution in [0.1, 0.15) is 37.5 Å². The third-order valence-electron chi connectivity index (χ3n) is 3.49. The van der Waals surface area contributed by atoms with Crippen LogP contribution < -0.4 is 11.1 Å². The molecule has 3 N–H and O–H groups in total. The maximum absolute atomic E-state index is 12.7. The number of methoxy groups -OCH3 is 1. The number of ether oxygens (including phenoxy) is 1. The topological polar surface area (TPSA) is 47.3 Å². The first-order valence-electron chi connectivity index (χ1n) is 7.60. The summed E-state index contributed by atoms with van der Waals surface area (Å²) in [6.45, 7) is 5.35. The van der Waals surface area contributed by atoms with Gasteiger partial charge in [-0.1, -0.05) is 44.2 Å². The molecule has 2 unspecified atom stereocenters. The van der Waals surface area contributed by atoms with Crippen LogP contribution in [0.2, 0.25) is 0 Å². The molecule has 1 aromatic carbocycles. The van der Waals surface area contributed by atoms with E-state index in [2.05, 4.69) is 23.5 Å². The Balaban J connectivity index is 0.00000106. The summed E-state index contributed by atoms with van der Waals surface area (Å²) < 4.78 is 17.9. The summed E-state index contributed by atoms with van der Waals surface area (Å²) in [4.78, 5) is 0. The van der Waals surface area contributed by atoms with Crippen molar-refractivity contribution in [1.29, 1.82) is 0 Å². The molecule has 4 heteroatoms. The third-order valence-corrected chi connectivity index (χ3v) is 3.49. The van der Waals surface area contributed by atoms with Gasteiger partial charge in [0.2, 0.25) is 0 Å². The molecule has 0 saturated heterocycles. The van der Waals surface area contributed by atoms with Crippen molar-refractivity contribution in [2.45, 2.75) is 32.4 Å². The zero-order valence-electron chi connectivity index (χ0n) is 13.2. The molecule has 0 bridgehead atoms. The normalized spacial score (nSPS) is 17.3. The minimum absolute atomic E-state index is 0.388. The number of hydrogen-bond acceptors (Lipinski definition) is 3. The molecule has 0 aromatic heterocycles. The molecule has 1 heterocycles. The minimum atomic E-state index is -0.617. The smallest absolute Gasteiger partial charge is 0.107 e. The first-order chi connectivity index (χ1) is 10.3. The van der Waals surface area contributed by atoms with Crippen LogP contribution in [0.5, 0.6) is 0 Å². The molecule has 2 rings (SSSR count). The molecule has 0 amide bonds. The van der Waals surface area contributed by atoms with Crippen LogP contribution in [0, 0.1) is 0 Å². The summed E-state index contributed by atoms with van der Waals surface area (Å²) in [5, 5.41) is 3.29. The molecule has 0 radical (unpaired) electrons. The van der Waals surface area contributed by atoms with Crippen LogP contribution in [0.3, 0.4) is 0 Å². The minimum Gasteiger partial charge on any atom is -0.375 e. The summed E-state index contributed by atoms with van der Waals surface area (Å²) in [6.07, 6.45) is 2.86. The van der Waals surface area contributed by atoms with Crippen LogP contribution in [-0.2, 0) is 4.74 Å². The van der Waals surface area contributed by atoms with Gasteiger partial charge in [-0.05, 0) is 29.7 Å². The van der Waals surface area contributed by atoms with E-state index >= 15 is 0 Å². The third kappa shape index (κ3) is 4.92. The van der Waals surface area contributed by atoms with Gasteiger partial charge < -0.3 is 15.8 Å². The van der Waals surface area contributed by atoms with Crippen molar-refractivity contribution in [2.75, 3.05) is 26.9 Å². The number of rotatable bonds is 5. The largest absolute Gasteiger partial charge is 0.375 e. The van der Waals surface area contributed by atoms with Crippen molar-refractivity contribution in [3.05, 3.63) is 41.5 Å². The van der Waals surface area contributed by atoms with Gasteiger partial charge in [0.1, 0.15) is 6.67 Å². The summed E-state index contributed by atoms with van der Waals surface area (Å²) in [5.74, 6) is 0. The molecule has 0 aliphatic carbocycles. The number of halogens is 1. The second kappa shape index (κ2) is 9.66. The highest BCUT2D eigenvalue weighted by molar-refractivity contribution is 5.66. The average molecular weight is 294 g/mol. The van der Waals surface area contributed by atoms with E-state index in [9.17, 15) is 4.39 Å². The van der Waals surface area contributed by atoms with E-state index in [0.29, 0.717) is 0 Å².